The normalized spacial score (nSPS) is 14.6. The maximum atomic E-state index is 12.6. The zero-order valence-corrected chi connectivity index (χ0v) is 17.2. The summed E-state index contributed by atoms with van der Waals surface area (Å²) in [5, 5.41) is 15.6. The molecule has 156 valence electrons. The summed E-state index contributed by atoms with van der Waals surface area (Å²) >= 11 is 0. The topological polar surface area (TPSA) is 114 Å². The smallest absolute Gasteiger partial charge is 0.408 e. The van der Waals surface area contributed by atoms with Gasteiger partial charge in [-0.05, 0) is 32.3 Å². The number of alkyl carbamates (subject to hydrolysis) is 1. The maximum Gasteiger partial charge on any atom is 0.408 e. The number of methoxy groups -OCH3 is 1. The number of ether oxygens (including phenoxy) is 2. The third-order valence-electron chi connectivity index (χ3n) is 3.83. The average molecular weight is 394 g/mol. The summed E-state index contributed by atoms with van der Waals surface area (Å²) in [7, 11) is 1.22. The number of benzene rings is 1. The first kappa shape index (κ1) is 23.4. The Bertz CT molecular complexity index is 669. The van der Waals surface area contributed by atoms with Gasteiger partial charge in [-0.2, -0.15) is 0 Å². The molecule has 1 aromatic rings. The summed E-state index contributed by atoms with van der Waals surface area (Å²) in [4.78, 5) is 36.7. The van der Waals surface area contributed by atoms with E-state index >= 15 is 0 Å². The van der Waals surface area contributed by atoms with Crippen LogP contribution in [0, 0.1) is 5.92 Å². The van der Waals surface area contributed by atoms with Crippen LogP contribution in [0.4, 0.5) is 4.79 Å². The van der Waals surface area contributed by atoms with E-state index in [-0.39, 0.29) is 5.92 Å². The predicted molar refractivity (Wildman–Crippen MR) is 103 cm³/mol. The van der Waals surface area contributed by atoms with Crippen molar-refractivity contribution in [3.8, 4) is 0 Å². The Morgan fingerprint density at radius 3 is 2.07 bits per heavy atom. The van der Waals surface area contributed by atoms with Crippen molar-refractivity contribution in [3.05, 3.63) is 35.9 Å². The second-order valence-electron chi connectivity index (χ2n) is 7.73. The summed E-state index contributed by atoms with van der Waals surface area (Å²) in [6.45, 7) is 8.59. The third kappa shape index (κ3) is 7.19. The summed E-state index contributed by atoms with van der Waals surface area (Å²) in [5.41, 5.74) is -0.234. The molecule has 3 atom stereocenters. The number of aliphatic hydroxyl groups excluding tert-OH is 1. The summed E-state index contributed by atoms with van der Waals surface area (Å²) in [6.07, 6.45) is -2.43. The van der Waals surface area contributed by atoms with Crippen molar-refractivity contribution < 1.29 is 29.0 Å². The Morgan fingerprint density at radius 1 is 1.04 bits per heavy atom. The molecular formula is C20H30N2O6. The van der Waals surface area contributed by atoms with Crippen LogP contribution in [-0.2, 0) is 19.1 Å². The van der Waals surface area contributed by atoms with Crippen molar-refractivity contribution in [2.24, 2.45) is 5.92 Å². The van der Waals surface area contributed by atoms with Crippen LogP contribution in [0.2, 0.25) is 0 Å². The maximum absolute atomic E-state index is 12.6. The molecule has 0 saturated heterocycles. The SMILES string of the molecule is COC(=O)[C@@H](NC(=O)[C@H](O)[C@@H](NC(=O)OC(C)(C)C)c1ccccc1)C(C)C. The van der Waals surface area contributed by atoms with Crippen LogP contribution in [0.25, 0.3) is 0 Å². The Hall–Kier alpha value is -2.61. The van der Waals surface area contributed by atoms with Gasteiger partial charge < -0.3 is 25.2 Å². The van der Waals surface area contributed by atoms with Gasteiger partial charge in [-0.25, -0.2) is 9.59 Å². The molecule has 0 aliphatic heterocycles. The standard InChI is InChI=1S/C20H30N2O6/c1-12(2)14(18(25)27-6)21-17(24)16(23)15(13-10-8-7-9-11-13)22-19(26)28-20(3,4)5/h7-12,14-16,23H,1-6H3,(H,21,24)(H,22,26)/t14-,15-,16+/m0/s1. The van der Waals surface area contributed by atoms with Gasteiger partial charge in [0.15, 0.2) is 6.10 Å². The fourth-order valence-electron chi connectivity index (χ4n) is 2.45. The summed E-state index contributed by atoms with van der Waals surface area (Å²) in [5.74, 6) is -1.68. The van der Waals surface area contributed by atoms with Crippen LogP contribution in [0.5, 0.6) is 0 Å². The first-order chi connectivity index (χ1) is 13.0. The number of esters is 1. The molecule has 0 radical (unpaired) electrons. The van der Waals surface area contributed by atoms with E-state index in [9.17, 15) is 19.5 Å². The van der Waals surface area contributed by atoms with Gasteiger partial charge >= 0.3 is 12.1 Å². The minimum Gasteiger partial charge on any atom is -0.467 e. The summed E-state index contributed by atoms with van der Waals surface area (Å²) < 4.78 is 9.92. The lowest BCUT2D eigenvalue weighted by Gasteiger charge is -2.28. The minimum atomic E-state index is -1.65. The zero-order valence-electron chi connectivity index (χ0n) is 17.2. The number of amides is 2. The number of hydrogen-bond donors (Lipinski definition) is 3. The van der Waals surface area contributed by atoms with Gasteiger partial charge in [0.25, 0.3) is 5.91 Å². The molecular weight excluding hydrogens is 364 g/mol. The molecule has 0 bridgehead atoms. The van der Waals surface area contributed by atoms with Crippen LogP contribution < -0.4 is 10.6 Å². The third-order valence-corrected chi connectivity index (χ3v) is 3.83. The van der Waals surface area contributed by atoms with Gasteiger partial charge in [0.05, 0.1) is 13.2 Å². The first-order valence-corrected chi connectivity index (χ1v) is 9.07. The molecule has 8 nitrogen and oxygen atoms in total. The monoisotopic (exact) mass is 394 g/mol. The lowest BCUT2D eigenvalue weighted by atomic mass is 9.99. The molecule has 0 aliphatic rings. The van der Waals surface area contributed by atoms with Crippen molar-refractivity contribution in [1.82, 2.24) is 10.6 Å². The zero-order chi connectivity index (χ0) is 21.5. The Balaban J connectivity index is 3.04. The number of nitrogens with one attached hydrogen (secondary N) is 2. The molecule has 28 heavy (non-hydrogen) atoms. The van der Waals surface area contributed by atoms with Crippen molar-refractivity contribution in [2.75, 3.05) is 7.11 Å². The lowest BCUT2D eigenvalue weighted by Crippen LogP contribution is -2.52. The van der Waals surface area contributed by atoms with Crippen LogP contribution in [0.15, 0.2) is 30.3 Å². The summed E-state index contributed by atoms with van der Waals surface area (Å²) in [6, 6.07) is 6.54. The van der Waals surface area contributed by atoms with Crippen molar-refractivity contribution in [1.29, 1.82) is 0 Å². The van der Waals surface area contributed by atoms with Crippen molar-refractivity contribution in [2.45, 2.75) is 58.4 Å². The molecule has 3 N–H and O–H groups in total. The number of aliphatic hydroxyl groups is 1. The van der Waals surface area contributed by atoms with Gasteiger partial charge in [0.1, 0.15) is 11.6 Å². The van der Waals surface area contributed by atoms with Gasteiger partial charge in [0.2, 0.25) is 0 Å². The first-order valence-electron chi connectivity index (χ1n) is 9.07. The largest absolute Gasteiger partial charge is 0.467 e. The van der Waals surface area contributed by atoms with E-state index < -0.39 is 41.8 Å². The molecule has 0 fully saturated rings. The number of hydrogen-bond acceptors (Lipinski definition) is 6. The van der Waals surface area contributed by atoms with Gasteiger partial charge in [-0.1, -0.05) is 44.2 Å². The molecule has 8 heteroatoms. The number of rotatable bonds is 7. The molecule has 0 spiro atoms. The highest BCUT2D eigenvalue weighted by Crippen LogP contribution is 2.19. The van der Waals surface area contributed by atoms with E-state index in [2.05, 4.69) is 10.6 Å². The van der Waals surface area contributed by atoms with Crippen molar-refractivity contribution in [3.63, 3.8) is 0 Å². The molecule has 0 heterocycles. The second-order valence-corrected chi connectivity index (χ2v) is 7.73. The fraction of sp³-hybridized carbons (Fsp3) is 0.550. The van der Waals surface area contributed by atoms with Crippen LogP contribution in [0.3, 0.4) is 0 Å². The second kappa shape index (κ2) is 10.1. The van der Waals surface area contributed by atoms with Crippen LogP contribution in [-0.4, -0.2) is 47.9 Å². The molecule has 0 aromatic heterocycles. The van der Waals surface area contributed by atoms with E-state index in [1.54, 1.807) is 65.0 Å². The van der Waals surface area contributed by atoms with E-state index in [4.69, 9.17) is 9.47 Å². The Labute approximate surface area is 165 Å². The quantitative estimate of drug-likeness (QED) is 0.609. The molecule has 1 rings (SSSR count). The van der Waals surface area contributed by atoms with Gasteiger partial charge in [0, 0.05) is 0 Å². The molecule has 1 aromatic carbocycles. The van der Waals surface area contributed by atoms with Crippen molar-refractivity contribution >= 4 is 18.0 Å². The minimum absolute atomic E-state index is 0.252. The highest BCUT2D eigenvalue weighted by molar-refractivity contribution is 5.88. The Kier molecular flexibility index (Phi) is 8.43. The van der Waals surface area contributed by atoms with E-state index in [0.29, 0.717) is 5.56 Å². The highest BCUT2D eigenvalue weighted by Gasteiger charge is 2.34. The molecule has 0 unspecified atom stereocenters. The molecule has 2 amide bonds. The Morgan fingerprint density at radius 2 is 1.61 bits per heavy atom. The van der Waals surface area contributed by atoms with E-state index in [0.717, 1.165) is 0 Å². The predicted octanol–water partition coefficient (Wildman–Crippen LogP) is 1.93. The highest BCUT2D eigenvalue weighted by atomic mass is 16.6. The van der Waals surface area contributed by atoms with Crippen LogP contribution in [0.1, 0.15) is 46.2 Å². The van der Waals surface area contributed by atoms with Gasteiger partial charge in [-0.3, -0.25) is 4.79 Å². The lowest BCUT2D eigenvalue weighted by molar-refractivity contribution is -0.148. The molecule has 0 saturated carbocycles. The van der Waals surface area contributed by atoms with Gasteiger partial charge in [-0.15, -0.1) is 0 Å². The number of carbonyl (C=O) groups is 3. The number of carbonyl (C=O) groups excluding carboxylic acids is 3. The fourth-order valence-corrected chi connectivity index (χ4v) is 2.45. The van der Waals surface area contributed by atoms with E-state index in [1.165, 1.54) is 7.11 Å². The molecule has 0 aliphatic carbocycles. The van der Waals surface area contributed by atoms with Crippen LogP contribution >= 0.6 is 0 Å². The average Bonchev–Trinajstić information content (AvgIpc) is 2.61. The van der Waals surface area contributed by atoms with E-state index in [1.807, 2.05) is 0 Å².